The SMILES string of the molecule is CNS(=O)(=O)c1ccc2c(c1)c1cocc1c(=O)n2-c1ccc(C(F)(F)F)cc1. The summed E-state index contributed by atoms with van der Waals surface area (Å²) in [6, 6.07) is 8.28. The third kappa shape index (κ3) is 3.10. The Morgan fingerprint density at radius 2 is 1.62 bits per heavy atom. The second-order valence-electron chi connectivity index (χ2n) is 6.27. The highest BCUT2D eigenvalue weighted by Gasteiger charge is 2.30. The zero-order valence-corrected chi connectivity index (χ0v) is 15.6. The van der Waals surface area contributed by atoms with Crippen LogP contribution in [-0.2, 0) is 16.2 Å². The molecule has 2 heterocycles. The van der Waals surface area contributed by atoms with E-state index in [9.17, 15) is 26.4 Å². The molecule has 29 heavy (non-hydrogen) atoms. The fourth-order valence-electron chi connectivity index (χ4n) is 3.17. The quantitative estimate of drug-likeness (QED) is 0.546. The van der Waals surface area contributed by atoms with Crippen LogP contribution >= 0.6 is 0 Å². The fourth-order valence-corrected chi connectivity index (χ4v) is 3.92. The van der Waals surface area contributed by atoms with Crippen LogP contribution in [0.5, 0.6) is 0 Å². The highest BCUT2D eigenvalue weighted by atomic mass is 32.2. The van der Waals surface area contributed by atoms with Crippen molar-refractivity contribution in [3.63, 3.8) is 0 Å². The minimum atomic E-state index is -4.50. The van der Waals surface area contributed by atoms with E-state index >= 15 is 0 Å². The third-order valence-corrected chi connectivity index (χ3v) is 6.04. The van der Waals surface area contributed by atoms with Crippen LogP contribution < -0.4 is 10.3 Å². The van der Waals surface area contributed by atoms with Gasteiger partial charge in [0.05, 0.1) is 27.6 Å². The van der Waals surface area contributed by atoms with Crippen molar-refractivity contribution >= 4 is 31.7 Å². The normalized spacial score (nSPS) is 12.7. The van der Waals surface area contributed by atoms with Gasteiger partial charge in [-0.2, -0.15) is 13.2 Å². The molecule has 0 bridgehead atoms. The Morgan fingerprint density at radius 1 is 0.966 bits per heavy atom. The van der Waals surface area contributed by atoms with Crippen LogP contribution in [-0.4, -0.2) is 20.0 Å². The number of rotatable bonds is 3. The zero-order chi connectivity index (χ0) is 21.0. The van der Waals surface area contributed by atoms with E-state index in [4.69, 9.17) is 4.42 Å². The Bertz CT molecular complexity index is 1400. The second kappa shape index (κ2) is 6.46. The molecule has 0 aliphatic heterocycles. The molecule has 0 spiro atoms. The lowest BCUT2D eigenvalue weighted by atomic mass is 10.1. The molecular formula is C19H13F3N2O4S. The van der Waals surface area contributed by atoms with Crippen LogP contribution in [0.25, 0.3) is 27.4 Å². The first kappa shape index (κ1) is 19.2. The van der Waals surface area contributed by atoms with Crippen LogP contribution in [0.3, 0.4) is 0 Å². The van der Waals surface area contributed by atoms with E-state index in [1.54, 1.807) is 0 Å². The number of nitrogens with one attached hydrogen (secondary N) is 1. The predicted octanol–water partition coefficient (Wildman–Crippen LogP) is 3.66. The molecule has 0 aliphatic rings. The van der Waals surface area contributed by atoms with Crippen molar-refractivity contribution in [3.8, 4) is 5.69 Å². The number of fused-ring (bicyclic) bond motifs is 3. The molecular weight excluding hydrogens is 409 g/mol. The van der Waals surface area contributed by atoms with E-state index in [0.29, 0.717) is 16.3 Å². The summed E-state index contributed by atoms with van der Waals surface area (Å²) >= 11 is 0. The molecule has 2 aromatic heterocycles. The molecule has 0 fully saturated rings. The van der Waals surface area contributed by atoms with E-state index in [0.717, 1.165) is 12.1 Å². The summed E-state index contributed by atoms with van der Waals surface area (Å²) in [6.45, 7) is 0. The number of alkyl halides is 3. The van der Waals surface area contributed by atoms with Crippen LogP contribution in [0.15, 0.2) is 69.1 Å². The van der Waals surface area contributed by atoms with E-state index in [1.807, 2.05) is 0 Å². The third-order valence-electron chi connectivity index (χ3n) is 4.63. The van der Waals surface area contributed by atoms with Gasteiger partial charge < -0.3 is 4.42 Å². The molecule has 0 aliphatic carbocycles. The first-order valence-corrected chi connectivity index (χ1v) is 9.77. The number of furan rings is 1. The van der Waals surface area contributed by atoms with Crippen molar-refractivity contribution in [1.82, 2.24) is 9.29 Å². The van der Waals surface area contributed by atoms with E-state index in [2.05, 4.69) is 4.72 Å². The molecule has 0 saturated carbocycles. The molecule has 0 saturated heterocycles. The Labute approximate surface area is 162 Å². The van der Waals surface area contributed by atoms with Crippen molar-refractivity contribution in [2.45, 2.75) is 11.1 Å². The van der Waals surface area contributed by atoms with Crippen LogP contribution in [0.2, 0.25) is 0 Å². The lowest BCUT2D eigenvalue weighted by Gasteiger charge is -2.14. The molecule has 10 heteroatoms. The standard InChI is InChI=1S/C19H13F3N2O4S/c1-23-29(26,27)13-6-7-17-14(8-13)15-9-28-10-16(15)18(25)24(17)12-4-2-11(3-5-12)19(20,21)22/h2-10,23H,1H3. The van der Waals surface area contributed by atoms with Gasteiger partial charge >= 0.3 is 6.18 Å². The Hall–Kier alpha value is -3.11. The molecule has 1 N–H and O–H groups in total. The van der Waals surface area contributed by atoms with Crippen LogP contribution in [0.1, 0.15) is 5.56 Å². The number of aromatic nitrogens is 1. The van der Waals surface area contributed by atoms with Crippen LogP contribution in [0.4, 0.5) is 13.2 Å². The number of hydrogen-bond acceptors (Lipinski definition) is 4. The molecule has 4 rings (SSSR count). The average molecular weight is 422 g/mol. The van der Waals surface area contributed by atoms with Gasteiger partial charge in [0.25, 0.3) is 5.56 Å². The summed E-state index contributed by atoms with van der Waals surface area (Å²) in [4.78, 5) is 13.0. The first-order chi connectivity index (χ1) is 13.6. The van der Waals surface area contributed by atoms with Gasteiger partial charge in [0, 0.05) is 16.5 Å². The van der Waals surface area contributed by atoms with Gasteiger partial charge in [-0.05, 0) is 49.5 Å². The number of hydrogen-bond donors (Lipinski definition) is 1. The van der Waals surface area contributed by atoms with Crippen molar-refractivity contribution < 1.29 is 26.0 Å². The van der Waals surface area contributed by atoms with Crippen LogP contribution in [0, 0.1) is 0 Å². The molecule has 6 nitrogen and oxygen atoms in total. The van der Waals surface area contributed by atoms with E-state index in [-0.39, 0.29) is 16.0 Å². The molecule has 0 atom stereocenters. The minimum Gasteiger partial charge on any atom is -0.471 e. The highest BCUT2D eigenvalue weighted by molar-refractivity contribution is 7.89. The minimum absolute atomic E-state index is 0.0207. The van der Waals surface area contributed by atoms with Crippen molar-refractivity contribution in [2.75, 3.05) is 7.05 Å². The highest BCUT2D eigenvalue weighted by Crippen LogP contribution is 2.31. The Kier molecular flexibility index (Phi) is 4.28. The summed E-state index contributed by atoms with van der Waals surface area (Å²) in [7, 11) is -2.47. The van der Waals surface area contributed by atoms with E-state index in [1.165, 1.54) is 54.5 Å². The maximum atomic E-state index is 13.0. The van der Waals surface area contributed by atoms with Crippen molar-refractivity contribution in [1.29, 1.82) is 0 Å². The number of nitrogens with zero attached hydrogens (tertiary/aromatic N) is 1. The Balaban J connectivity index is 2.06. The van der Waals surface area contributed by atoms with Gasteiger partial charge in [-0.15, -0.1) is 0 Å². The molecule has 0 radical (unpaired) electrons. The molecule has 2 aromatic carbocycles. The molecule has 4 aromatic rings. The zero-order valence-electron chi connectivity index (χ0n) is 14.8. The number of sulfonamides is 1. The number of pyridine rings is 1. The summed E-state index contributed by atoms with van der Waals surface area (Å²) in [5.41, 5.74) is -0.797. The average Bonchev–Trinajstić information content (AvgIpc) is 3.18. The fraction of sp³-hybridized carbons (Fsp3) is 0.105. The van der Waals surface area contributed by atoms with Gasteiger partial charge in [-0.3, -0.25) is 9.36 Å². The summed E-state index contributed by atoms with van der Waals surface area (Å²) in [5, 5.41) is 0.988. The lowest BCUT2D eigenvalue weighted by Crippen LogP contribution is -2.20. The Morgan fingerprint density at radius 3 is 2.24 bits per heavy atom. The lowest BCUT2D eigenvalue weighted by molar-refractivity contribution is -0.137. The number of benzene rings is 2. The summed E-state index contributed by atoms with van der Waals surface area (Å²) in [5.74, 6) is 0. The first-order valence-electron chi connectivity index (χ1n) is 8.29. The number of halogens is 3. The summed E-state index contributed by atoms with van der Waals surface area (Å²) in [6.07, 6.45) is -1.96. The van der Waals surface area contributed by atoms with E-state index < -0.39 is 27.3 Å². The van der Waals surface area contributed by atoms with Gasteiger partial charge in [0.1, 0.15) is 6.26 Å². The maximum absolute atomic E-state index is 13.0. The van der Waals surface area contributed by atoms with Gasteiger partial charge in [-0.1, -0.05) is 0 Å². The second-order valence-corrected chi connectivity index (χ2v) is 8.16. The van der Waals surface area contributed by atoms with Crippen molar-refractivity contribution in [3.05, 3.63) is 70.9 Å². The maximum Gasteiger partial charge on any atom is 0.416 e. The molecule has 150 valence electrons. The monoisotopic (exact) mass is 422 g/mol. The molecule has 0 unspecified atom stereocenters. The largest absolute Gasteiger partial charge is 0.471 e. The van der Waals surface area contributed by atoms with Gasteiger partial charge in [0.15, 0.2) is 0 Å². The molecule has 0 amide bonds. The summed E-state index contributed by atoms with van der Waals surface area (Å²) < 4.78 is 71.5. The van der Waals surface area contributed by atoms with Gasteiger partial charge in [-0.25, -0.2) is 13.1 Å². The van der Waals surface area contributed by atoms with Crippen molar-refractivity contribution in [2.24, 2.45) is 0 Å². The topological polar surface area (TPSA) is 81.3 Å². The predicted molar refractivity (Wildman–Crippen MR) is 101 cm³/mol. The van der Waals surface area contributed by atoms with Gasteiger partial charge in [0.2, 0.25) is 10.0 Å². The smallest absolute Gasteiger partial charge is 0.416 e.